The van der Waals surface area contributed by atoms with Gasteiger partial charge in [0.05, 0.1) is 13.5 Å². The van der Waals surface area contributed by atoms with Crippen LogP contribution in [0.5, 0.6) is 0 Å². The SMILES string of the molecule is COC(=O)CCC(O)(O)O. The van der Waals surface area contributed by atoms with Crippen molar-refractivity contribution in [1.82, 2.24) is 0 Å². The van der Waals surface area contributed by atoms with Gasteiger partial charge in [0.25, 0.3) is 5.97 Å². The first-order valence-electron chi connectivity index (χ1n) is 2.69. The van der Waals surface area contributed by atoms with E-state index in [1.165, 1.54) is 7.11 Å². The van der Waals surface area contributed by atoms with Gasteiger partial charge in [0.2, 0.25) is 0 Å². The molecule has 0 aliphatic rings. The second-order valence-corrected chi connectivity index (χ2v) is 1.85. The van der Waals surface area contributed by atoms with Gasteiger partial charge in [-0.25, -0.2) is 0 Å². The van der Waals surface area contributed by atoms with Crippen molar-refractivity contribution < 1.29 is 24.9 Å². The van der Waals surface area contributed by atoms with E-state index in [2.05, 4.69) is 4.74 Å². The van der Waals surface area contributed by atoms with Crippen molar-refractivity contribution in [2.24, 2.45) is 0 Å². The summed E-state index contributed by atoms with van der Waals surface area (Å²) < 4.78 is 4.17. The van der Waals surface area contributed by atoms with Crippen LogP contribution < -0.4 is 0 Å². The highest BCUT2D eigenvalue weighted by atomic mass is 16.7. The fraction of sp³-hybridized carbons (Fsp3) is 0.800. The van der Waals surface area contributed by atoms with Crippen molar-refractivity contribution in [3.05, 3.63) is 0 Å². The minimum absolute atomic E-state index is 0.222. The number of rotatable bonds is 3. The molecule has 0 saturated carbocycles. The standard InChI is InChI=1S/C5H10O5/c1-10-4(6)2-3-5(7,8)9/h7-9H,2-3H2,1H3. The monoisotopic (exact) mass is 150 g/mol. The predicted octanol–water partition coefficient (Wildman–Crippen LogP) is -1.43. The average molecular weight is 150 g/mol. The van der Waals surface area contributed by atoms with E-state index in [0.717, 1.165) is 0 Å². The Morgan fingerprint density at radius 3 is 2.30 bits per heavy atom. The lowest BCUT2D eigenvalue weighted by molar-refractivity contribution is -0.314. The van der Waals surface area contributed by atoms with Crippen LogP contribution in [0.15, 0.2) is 0 Å². The molecule has 10 heavy (non-hydrogen) atoms. The van der Waals surface area contributed by atoms with Crippen LogP contribution in [0, 0.1) is 0 Å². The molecule has 0 spiro atoms. The molecule has 0 aromatic carbocycles. The molecule has 0 unspecified atom stereocenters. The van der Waals surface area contributed by atoms with E-state index in [1.807, 2.05) is 0 Å². The van der Waals surface area contributed by atoms with Crippen molar-refractivity contribution >= 4 is 5.97 Å². The summed E-state index contributed by atoms with van der Waals surface area (Å²) >= 11 is 0. The minimum Gasteiger partial charge on any atom is -0.469 e. The molecule has 5 nitrogen and oxygen atoms in total. The maximum Gasteiger partial charge on any atom is 0.305 e. The summed E-state index contributed by atoms with van der Waals surface area (Å²) in [5.74, 6) is -3.37. The number of ether oxygens (including phenoxy) is 1. The van der Waals surface area contributed by atoms with E-state index in [-0.39, 0.29) is 6.42 Å². The third-order valence-corrected chi connectivity index (χ3v) is 0.892. The molecule has 0 fully saturated rings. The maximum atomic E-state index is 10.3. The Bertz CT molecular complexity index is 114. The highest BCUT2D eigenvalue weighted by Gasteiger charge is 2.19. The molecule has 0 aromatic rings. The second-order valence-electron chi connectivity index (χ2n) is 1.85. The number of carbonyl (C=O) groups excluding carboxylic acids is 1. The molecule has 60 valence electrons. The summed E-state index contributed by atoms with van der Waals surface area (Å²) in [6, 6.07) is 0. The lowest BCUT2D eigenvalue weighted by Crippen LogP contribution is -2.27. The van der Waals surface area contributed by atoms with E-state index < -0.39 is 18.4 Å². The molecule has 0 radical (unpaired) electrons. The van der Waals surface area contributed by atoms with Crippen molar-refractivity contribution in [2.75, 3.05) is 7.11 Å². The average Bonchev–Trinajstić information content (AvgIpc) is 1.81. The molecule has 0 atom stereocenters. The van der Waals surface area contributed by atoms with E-state index >= 15 is 0 Å². The Morgan fingerprint density at radius 1 is 1.50 bits per heavy atom. The van der Waals surface area contributed by atoms with Gasteiger partial charge in [0.1, 0.15) is 0 Å². The zero-order valence-corrected chi connectivity index (χ0v) is 5.57. The largest absolute Gasteiger partial charge is 0.469 e. The molecule has 0 heterocycles. The predicted molar refractivity (Wildman–Crippen MR) is 30.6 cm³/mol. The Balaban J connectivity index is 3.46. The second kappa shape index (κ2) is 3.50. The molecule has 5 heteroatoms. The van der Waals surface area contributed by atoms with Gasteiger partial charge in [-0.05, 0) is 0 Å². The normalized spacial score (nSPS) is 11.2. The number of esters is 1. The Hall–Kier alpha value is -0.650. The number of methoxy groups -OCH3 is 1. The molecule has 0 rings (SSSR count). The van der Waals surface area contributed by atoms with E-state index in [1.54, 1.807) is 0 Å². The Kier molecular flexibility index (Phi) is 3.27. The van der Waals surface area contributed by atoms with Crippen LogP contribution >= 0.6 is 0 Å². The number of aliphatic hydroxyl groups is 3. The summed E-state index contributed by atoms with van der Waals surface area (Å²) in [7, 11) is 1.18. The molecule has 0 aromatic heterocycles. The van der Waals surface area contributed by atoms with Gasteiger partial charge < -0.3 is 20.1 Å². The number of hydrogen-bond acceptors (Lipinski definition) is 5. The van der Waals surface area contributed by atoms with E-state index in [4.69, 9.17) is 15.3 Å². The van der Waals surface area contributed by atoms with Crippen molar-refractivity contribution in [3.8, 4) is 0 Å². The number of hydrogen-bond donors (Lipinski definition) is 3. The first kappa shape index (κ1) is 9.35. The van der Waals surface area contributed by atoms with Crippen LogP contribution in [0.3, 0.4) is 0 Å². The molecular weight excluding hydrogens is 140 g/mol. The van der Waals surface area contributed by atoms with Crippen molar-refractivity contribution in [1.29, 1.82) is 0 Å². The minimum atomic E-state index is -2.77. The van der Waals surface area contributed by atoms with Crippen LogP contribution in [0.25, 0.3) is 0 Å². The summed E-state index contributed by atoms with van der Waals surface area (Å²) in [6.07, 6.45) is -0.667. The highest BCUT2D eigenvalue weighted by Crippen LogP contribution is 2.04. The topological polar surface area (TPSA) is 87.0 Å². The first-order chi connectivity index (χ1) is 4.45. The van der Waals surface area contributed by atoms with Gasteiger partial charge in [0.15, 0.2) is 0 Å². The van der Waals surface area contributed by atoms with Gasteiger partial charge >= 0.3 is 5.97 Å². The fourth-order valence-electron chi connectivity index (χ4n) is 0.372. The van der Waals surface area contributed by atoms with Gasteiger partial charge in [0, 0.05) is 6.42 Å². The lowest BCUT2D eigenvalue weighted by atomic mass is 10.3. The molecule has 0 amide bonds. The van der Waals surface area contributed by atoms with Crippen LogP contribution in [0.1, 0.15) is 12.8 Å². The maximum absolute atomic E-state index is 10.3. The Labute approximate surface area is 57.9 Å². The lowest BCUT2D eigenvalue weighted by Gasteiger charge is -2.11. The number of carbonyl (C=O) groups is 1. The van der Waals surface area contributed by atoms with Crippen LogP contribution in [-0.4, -0.2) is 34.4 Å². The third-order valence-electron chi connectivity index (χ3n) is 0.892. The molecule has 0 saturated heterocycles. The summed E-state index contributed by atoms with van der Waals surface area (Å²) in [4.78, 5) is 10.3. The zero-order valence-electron chi connectivity index (χ0n) is 5.57. The molecule has 0 aliphatic heterocycles. The van der Waals surface area contributed by atoms with Gasteiger partial charge in [-0.1, -0.05) is 0 Å². The summed E-state index contributed by atoms with van der Waals surface area (Å²) in [5, 5.41) is 24.8. The van der Waals surface area contributed by atoms with Gasteiger partial charge in [-0.3, -0.25) is 4.79 Å². The third kappa shape index (κ3) is 5.49. The van der Waals surface area contributed by atoms with Gasteiger partial charge in [-0.2, -0.15) is 0 Å². The van der Waals surface area contributed by atoms with Crippen molar-refractivity contribution in [3.63, 3.8) is 0 Å². The van der Waals surface area contributed by atoms with Crippen LogP contribution in [-0.2, 0) is 9.53 Å². The fourth-order valence-corrected chi connectivity index (χ4v) is 0.372. The van der Waals surface area contributed by atoms with Crippen LogP contribution in [0.2, 0.25) is 0 Å². The van der Waals surface area contributed by atoms with Crippen LogP contribution in [0.4, 0.5) is 0 Å². The zero-order chi connectivity index (χ0) is 8.20. The Morgan fingerprint density at radius 2 is 2.00 bits per heavy atom. The van der Waals surface area contributed by atoms with Crippen molar-refractivity contribution in [2.45, 2.75) is 18.8 Å². The van der Waals surface area contributed by atoms with Gasteiger partial charge in [-0.15, -0.1) is 0 Å². The molecule has 0 bridgehead atoms. The summed E-state index contributed by atoms with van der Waals surface area (Å²) in [6.45, 7) is 0. The van der Waals surface area contributed by atoms with E-state index in [0.29, 0.717) is 0 Å². The molecule has 0 aliphatic carbocycles. The molecular formula is C5H10O5. The summed E-state index contributed by atoms with van der Waals surface area (Å²) in [5.41, 5.74) is 0. The smallest absolute Gasteiger partial charge is 0.305 e. The first-order valence-corrected chi connectivity index (χ1v) is 2.69. The highest BCUT2D eigenvalue weighted by molar-refractivity contribution is 5.69. The van der Waals surface area contributed by atoms with E-state index in [9.17, 15) is 4.79 Å². The molecule has 3 N–H and O–H groups in total. The quantitative estimate of drug-likeness (QED) is 0.339.